The van der Waals surface area contributed by atoms with E-state index >= 15 is 0 Å². The predicted molar refractivity (Wildman–Crippen MR) is 87.4 cm³/mol. The van der Waals surface area contributed by atoms with Gasteiger partial charge in [-0.05, 0) is 71.3 Å². The smallest absolute Gasteiger partial charge is 0.119 e. The zero-order chi connectivity index (χ0) is 13.9. The molecule has 0 heterocycles. The van der Waals surface area contributed by atoms with Crippen molar-refractivity contribution in [3.63, 3.8) is 0 Å². The maximum Gasteiger partial charge on any atom is 0.119 e. The summed E-state index contributed by atoms with van der Waals surface area (Å²) in [6.45, 7) is 2.06. The molecule has 0 aliphatic carbocycles. The summed E-state index contributed by atoms with van der Waals surface area (Å²) in [4.78, 5) is 0. The van der Waals surface area contributed by atoms with E-state index in [0.29, 0.717) is 0 Å². The number of benzene rings is 2. The molecule has 0 aromatic heterocycles. The Morgan fingerprint density at radius 1 is 1.16 bits per heavy atom. The molecule has 2 aromatic carbocycles. The molecule has 0 saturated heterocycles. The van der Waals surface area contributed by atoms with Crippen LogP contribution in [0.25, 0.3) is 0 Å². The highest BCUT2D eigenvalue weighted by molar-refractivity contribution is 14.1. The molecule has 0 fully saturated rings. The van der Waals surface area contributed by atoms with Crippen molar-refractivity contribution in [1.29, 1.82) is 0 Å². The van der Waals surface area contributed by atoms with E-state index < -0.39 is 5.54 Å². The van der Waals surface area contributed by atoms with Crippen molar-refractivity contribution in [2.75, 3.05) is 7.11 Å². The third kappa shape index (κ3) is 3.70. The van der Waals surface area contributed by atoms with Gasteiger partial charge in [-0.25, -0.2) is 0 Å². The molecule has 0 radical (unpaired) electrons. The maximum atomic E-state index is 6.47. The molecule has 0 spiro atoms. The van der Waals surface area contributed by atoms with E-state index in [1.54, 1.807) is 7.11 Å². The van der Waals surface area contributed by atoms with E-state index in [1.165, 1.54) is 9.13 Å². The van der Waals surface area contributed by atoms with Crippen molar-refractivity contribution in [3.05, 3.63) is 63.2 Å². The van der Waals surface area contributed by atoms with E-state index in [-0.39, 0.29) is 0 Å². The van der Waals surface area contributed by atoms with Gasteiger partial charge >= 0.3 is 0 Å². The molecule has 0 saturated carbocycles. The Kier molecular flexibility index (Phi) is 4.47. The van der Waals surface area contributed by atoms with Crippen LogP contribution in [0.2, 0.25) is 0 Å². The standard InChI is InChI=1S/C16H18INO/c1-16(18,11-12-6-8-14(17)9-7-12)13-4-3-5-15(10-13)19-2/h3-10H,11,18H2,1-2H3. The van der Waals surface area contributed by atoms with Gasteiger partial charge in [0.05, 0.1) is 7.11 Å². The topological polar surface area (TPSA) is 35.2 Å². The summed E-state index contributed by atoms with van der Waals surface area (Å²) in [5.74, 6) is 0.844. The molecule has 2 aromatic rings. The second kappa shape index (κ2) is 5.92. The van der Waals surface area contributed by atoms with Crippen molar-refractivity contribution in [3.8, 4) is 5.75 Å². The Bertz CT molecular complexity index is 549. The van der Waals surface area contributed by atoms with E-state index in [4.69, 9.17) is 10.5 Å². The van der Waals surface area contributed by atoms with Crippen LogP contribution >= 0.6 is 22.6 Å². The summed E-state index contributed by atoms with van der Waals surface area (Å²) < 4.78 is 6.50. The normalized spacial score (nSPS) is 13.9. The molecule has 1 atom stereocenters. The second-order valence-corrected chi connectivity index (χ2v) is 6.20. The van der Waals surface area contributed by atoms with Crippen LogP contribution in [-0.2, 0) is 12.0 Å². The van der Waals surface area contributed by atoms with E-state index in [0.717, 1.165) is 17.7 Å². The van der Waals surface area contributed by atoms with Gasteiger partial charge in [0.2, 0.25) is 0 Å². The minimum absolute atomic E-state index is 0.401. The molecule has 0 aliphatic rings. The fraction of sp³-hybridized carbons (Fsp3) is 0.250. The minimum atomic E-state index is -0.401. The first-order chi connectivity index (χ1) is 9.01. The molecule has 1 unspecified atom stereocenters. The lowest BCUT2D eigenvalue weighted by Crippen LogP contribution is -2.35. The third-order valence-electron chi connectivity index (χ3n) is 3.21. The fourth-order valence-corrected chi connectivity index (χ4v) is 2.47. The second-order valence-electron chi connectivity index (χ2n) is 4.95. The molecule has 100 valence electrons. The summed E-state index contributed by atoms with van der Waals surface area (Å²) in [6.07, 6.45) is 0.803. The first-order valence-electron chi connectivity index (χ1n) is 6.19. The lowest BCUT2D eigenvalue weighted by atomic mass is 9.86. The Hall–Kier alpha value is -1.07. The lowest BCUT2D eigenvalue weighted by Gasteiger charge is -2.26. The highest BCUT2D eigenvalue weighted by Gasteiger charge is 2.22. The SMILES string of the molecule is COc1cccc(C(C)(N)Cc2ccc(I)cc2)c1. The molecule has 0 amide bonds. The maximum absolute atomic E-state index is 6.47. The Morgan fingerprint density at radius 3 is 2.47 bits per heavy atom. The molecule has 3 heteroatoms. The summed E-state index contributed by atoms with van der Waals surface area (Å²) in [5.41, 5.74) is 8.40. The van der Waals surface area contributed by atoms with Gasteiger partial charge in [-0.1, -0.05) is 24.3 Å². The van der Waals surface area contributed by atoms with Crippen molar-refractivity contribution < 1.29 is 4.74 Å². The Morgan fingerprint density at radius 2 is 1.84 bits per heavy atom. The van der Waals surface area contributed by atoms with Gasteiger partial charge in [-0.3, -0.25) is 0 Å². The number of hydrogen-bond acceptors (Lipinski definition) is 2. The third-order valence-corrected chi connectivity index (χ3v) is 3.93. The Balaban J connectivity index is 2.23. The van der Waals surface area contributed by atoms with Gasteiger partial charge in [0.25, 0.3) is 0 Å². The highest BCUT2D eigenvalue weighted by atomic mass is 127. The molecule has 2 nitrogen and oxygen atoms in total. The molecule has 2 N–H and O–H groups in total. The predicted octanol–water partition coefficient (Wildman–Crippen LogP) is 3.72. The van der Waals surface area contributed by atoms with Crippen LogP contribution in [0, 0.1) is 3.57 Å². The molecular formula is C16H18INO. The number of nitrogens with two attached hydrogens (primary N) is 1. The van der Waals surface area contributed by atoms with Crippen LogP contribution in [0.1, 0.15) is 18.1 Å². The van der Waals surface area contributed by atoms with Crippen LogP contribution in [0.15, 0.2) is 48.5 Å². The Labute approximate surface area is 128 Å². The van der Waals surface area contributed by atoms with Crippen LogP contribution in [0.3, 0.4) is 0 Å². The number of halogens is 1. The van der Waals surface area contributed by atoms with Gasteiger partial charge < -0.3 is 10.5 Å². The fourth-order valence-electron chi connectivity index (χ4n) is 2.11. The van der Waals surface area contributed by atoms with Gasteiger partial charge in [0, 0.05) is 9.11 Å². The summed E-state index contributed by atoms with van der Waals surface area (Å²) >= 11 is 2.31. The number of hydrogen-bond donors (Lipinski definition) is 1. The number of methoxy groups -OCH3 is 1. The van der Waals surface area contributed by atoms with Gasteiger partial charge in [-0.15, -0.1) is 0 Å². The van der Waals surface area contributed by atoms with E-state index in [9.17, 15) is 0 Å². The highest BCUT2D eigenvalue weighted by Crippen LogP contribution is 2.26. The largest absolute Gasteiger partial charge is 0.497 e. The van der Waals surface area contributed by atoms with Crippen molar-refractivity contribution >= 4 is 22.6 Å². The van der Waals surface area contributed by atoms with E-state index in [2.05, 4.69) is 59.8 Å². The van der Waals surface area contributed by atoms with Crippen molar-refractivity contribution in [2.45, 2.75) is 18.9 Å². The number of rotatable bonds is 4. The van der Waals surface area contributed by atoms with Crippen molar-refractivity contribution in [1.82, 2.24) is 0 Å². The monoisotopic (exact) mass is 367 g/mol. The van der Waals surface area contributed by atoms with Gasteiger partial charge in [0.1, 0.15) is 5.75 Å². The zero-order valence-corrected chi connectivity index (χ0v) is 13.3. The summed E-state index contributed by atoms with van der Waals surface area (Å²) in [7, 11) is 1.67. The van der Waals surface area contributed by atoms with Crippen LogP contribution in [0.4, 0.5) is 0 Å². The zero-order valence-electron chi connectivity index (χ0n) is 11.2. The van der Waals surface area contributed by atoms with Gasteiger partial charge in [0.15, 0.2) is 0 Å². The molecule has 19 heavy (non-hydrogen) atoms. The van der Waals surface area contributed by atoms with Crippen molar-refractivity contribution in [2.24, 2.45) is 5.73 Å². The summed E-state index contributed by atoms with van der Waals surface area (Å²) in [5, 5.41) is 0. The van der Waals surface area contributed by atoms with Crippen LogP contribution in [-0.4, -0.2) is 7.11 Å². The minimum Gasteiger partial charge on any atom is -0.497 e. The van der Waals surface area contributed by atoms with Crippen LogP contribution < -0.4 is 10.5 Å². The lowest BCUT2D eigenvalue weighted by molar-refractivity contribution is 0.410. The first-order valence-corrected chi connectivity index (χ1v) is 7.27. The van der Waals surface area contributed by atoms with Gasteiger partial charge in [-0.2, -0.15) is 0 Å². The average molecular weight is 367 g/mol. The number of ether oxygens (including phenoxy) is 1. The van der Waals surface area contributed by atoms with Crippen LogP contribution in [0.5, 0.6) is 5.75 Å². The molecule has 2 rings (SSSR count). The summed E-state index contributed by atoms with van der Waals surface area (Å²) in [6, 6.07) is 16.5. The average Bonchev–Trinajstić information content (AvgIpc) is 2.41. The molecular weight excluding hydrogens is 349 g/mol. The van der Waals surface area contributed by atoms with E-state index in [1.807, 2.05) is 18.2 Å². The molecule has 0 bridgehead atoms. The molecule has 0 aliphatic heterocycles. The first kappa shape index (κ1) is 14.3. The quantitative estimate of drug-likeness (QED) is 0.837.